The first-order valence-corrected chi connectivity index (χ1v) is 5.03. The van der Waals surface area contributed by atoms with Crippen molar-refractivity contribution < 1.29 is 4.79 Å². The zero-order valence-corrected chi connectivity index (χ0v) is 8.36. The van der Waals surface area contributed by atoms with Gasteiger partial charge in [0, 0.05) is 5.92 Å². The Bertz CT molecular complexity index is 362. The van der Waals surface area contributed by atoms with Crippen LogP contribution in [0.5, 0.6) is 0 Å². The molecule has 0 aliphatic heterocycles. The summed E-state index contributed by atoms with van der Waals surface area (Å²) in [5.74, 6) is 0.361. The Morgan fingerprint density at radius 3 is 2.57 bits per heavy atom. The fraction of sp³-hybridized carbons (Fsp3) is 0.308. The number of ketones is 1. The molecule has 1 aliphatic carbocycles. The maximum Gasteiger partial charge on any atom is 0.163 e. The highest BCUT2D eigenvalue weighted by Gasteiger charge is 2.21. The number of carbonyl (C=O) groups is 1. The first kappa shape index (κ1) is 9.20. The molecule has 1 unspecified atom stereocenters. The molecule has 1 nitrogen and oxygen atoms in total. The molecule has 0 spiro atoms. The molecule has 1 aromatic carbocycles. The van der Waals surface area contributed by atoms with Crippen molar-refractivity contribution in [3.05, 3.63) is 47.5 Å². The van der Waals surface area contributed by atoms with E-state index in [9.17, 15) is 4.79 Å². The summed E-state index contributed by atoms with van der Waals surface area (Å²) in [5, 5.41) is 0. The molecule has 0 saturated heterocycles. The Morgan fingerprint density at radius 1 is 1.21 bits per heavy atom. The highest BCUT2D eigenvalue weighted by molar-refractivity contribution is 5.96. The summed E-state index contributed by atoms with van der Waals surface area (Å²) in [4.78, 5) is 11.7. The summed E-state index contributed by atoms with van der Waals surface area (Å²) in [6, 6.07) is 10.0. The van der Waals surface area contributed by atoms with Crippen molar-refractivity contribution in [3.8, 4) is 0 Å². The first-order chi connectivity index (χ1) is 6.77. The van der Waals surface area contributed by atoms with Crippen LogP contribution in [-0.2, 0) is 4.79 Å². The molecular formula is C13H14O. The molecule has 0 saturated carbocycles. The van der Waals surface area contributed by atoms with Crippen molar-refractivity contribution in [1.82, 2.24) is 0 Å². The van der Waals surface area contributed by atoms with E-state index in [1.54, 1.807) is 6.08 Å². The largest absolute Gasteiger partial charge is 0.294 e. The quantitative estimate of drug-likeness (QED) is 0.658. The standard InChI is InChI=1S/C13H14O/c1-10-7-8-12(13(14)9-10)11-5-3-2-4-6-11/h2-6,9,12H,7-8H2,1H3. The fourth-order valence-electron chi connectivity index (χ4n) is 1.95. The zero-order chi connectivity index (χ0) is 9.97. The Kier molecular flexibility index (Phi) is 2.49. The number of carbonyl (C=O) groups excluding carboxylic acids is 1. The second-order valence-corrected chi connectivity index (χ2v) is 3.90. The van der Waals surface area contributed by atoms with E-state index < -0.39 is 0 Å². The molecule has 0 bridgehead atoms. The highest BCUT2D eigenvalue weighted by atomic mass is 16.1. The van der Waals surface area contributed by atoms with Gasteiger partial charge in [-0.05, 0) is 31.4 Å². The van der Waals surface area contributed by atoms with Gasteiger partial charge >= 0.3 is 0 Å². The highest BCUT2D eigenvalue weighted by Crippen LogP contribution is 2.28. The summed E-state index contributed by atoms with van der Waals surface area (Å²) >= 11 is 0. The summed E-state index contributed by atoms with van der Waals surface area (Å²) in [7, 11) is 0. The van der Waals surface area contributed by atoms with Crippen molar-refractivity contribution in [1.29, 1.82) is 0 Å². The molecular weight excluding hydrogens is 172 g/mol. The molecule has 0 N–H and O–H groups in total. The van der Waals surface area contributed by atoms with Crippen LogP contribution in [0.25, 0.3) is 0 Å². The van der Waals surface area contributed by atoms with E-state index in [-0.39, 0.29) is 11.7 Å². The minimum absolute atomic E-state index is 0.0971. The molecule has 0 aromatic heterocycles. The predicted molar refractivity (Wildman–Crippen MR) is 57.2 cm³/mol. The minimum Gasteiger partial charge on any atom is -0.294 e. The lowest BCUT2D eigenvalue weighted by atomic mass is 9.84. The van der Waals surface area contributed by atoms with E-state index in [2.05, 4.69) is 0 Å². The zero-order valence-electron chi connectivity index (χ0n) is 8.36. The molecule has 0 radical (unpaired) electrons. The molecule has 2 rings (SSSR count). The maximum atomic E-state index is 11.7. The minimum atomic E-state index is 0.0971. The molecule has 0 fully saturated rings. The predicted octanol–water partition coefficient (Wildman–Crippen LogP) is 3.08. The second kappa shape index (κ2) is 3.79. The maximum absolute atomic E-state index is 11.7. The topological polar surface area (TPSA) is 17.1 Å². The van der Waals surface area contributed by atoms with Crippen molar-refractivity contribution in [2.75, 3.05) is 0 Å². The smallest absolute Gasteiger partial charge is 0.163 e. The van der Waals surface area contributed by atoms with Crippen molar-refractivity contribution in [3.63, 3.8) is 0 Å². The third-order valence-corrected chi connectivity index (χ3v) is 2.76. The van der Waals surface area contributed by atoms with Crippen LogP contribution in [0.1, 0.15) is 31.2 Å². The number of rotatable bonds is 1. The van der Waals surface area contributed by atoms with Gasteiger partial charge in [0.2, 0.25) is 0 Å². The van der Waals surface area contributed by atoms with Crippen LogP contribution in [0.4, 0.5) is 0 Å². The lowest BCUT2D eigenvalue weighted by Gasteiger charge is -2.19. The molecule has 1 heteroatoms. The van der Waals surface area contributed by atoms with Crippen molar-refractivity contribution >= 4 is 5.78 Å². The van der Waals surface area contributed by atoms with Gasteiger partial charge in [-0.1, -0.05) is 35.9 Å². The Balaban J connectivity index is 2.26. The Labute approximate surface area is 84.5 Å². The van der Waals surface area contributed by atoms with Gasteiger partial charge in [-0.25, -0.2) is 0 Å². The average molecular weight is 186 g/mol. The van der Waals surface area contributed by atoms with E-state index >= 15 is 0 Å². The van der Waals surface area contributed by atoms with E-state index in [1.807, 2.05) is 37.3 Å². The molecule has 0 heterocycles. The number of hydrogen-bond donors (Lipinski definition) is 0. The molecule has 0 amide bonds. The summed E-state index contributed by atoms with van der Waals surface area (Å²) in [5.41, 5.74) is 2.36. The fourth-order valence-corrected chi connectivity index (χ4v) is 1.95. The van der Waals surface area contributed by atoms with Gasteiger partial charge < -0.3 is 0 Å². The summed E-state index contributed by atoms with van der Waals surface area (Å²) in [6.45, 7) is 2.03. The van der Waals surface area contributed by atoms with Crippen LogP contribution in [0.15, 0.2) is 42.0 Å². The van der Waals surface area contributed by atoms with Crippen LogP contribution in [-0.4, -0.2) is 5.78 Å². The van der Waals surface area contributed by atoms with Crippen LogP contribution in [0.3, 0.4) is 0 Å². The molecule has 1 aliphatic rings. The summed E-state index contributed by atoms with van der Waals surface area (Å²) in [6.07, 6.45) is 3.80. The summed E-state index contributed by atoms with van der Waals surface area (Å²) < 4.78 is 0. The van der Waals surface area contributed by atoms with Gasteiger partial charge in [0.25, 0.3) is 0 Å². The number of benzene rings is 1. The van der Waals surface area contributed by atoms with Gasteiger partial charge in [-0.3, -0.25) is 4.79 Å². The van der Waals surface area contributed by atoms with E-state index in [0.717, 1.165) is 18.4 Å². The third-order valence-electron chi connectivity index (χ3n) is 2.76. The number of allylic oxidation sites excluding steroid dienone is 2. The van der Waals surface area contributed by atoms with Gasteiger partial charge in [-0.15, -0.1) is 0 Å². The molecule has 1 atom stereocenters. The van der Waals surface area contributed by atoms with Crippen molar-refractivity contribution in [2.45, 2.75) is 25.7 Å². The van der Waals surface area contributed by atoms with Crippen LogP contribution < -0.4 is 0 Å². The van der Waals surface area contributed by atoms with Gasteiger partial charge in [0.05, 0.1) is 0 Å². The molecule has 72 valence electrons. The Hall–Kier alpha value is -1.37. The van der Waals surface area contributed by atoms with Crippen molar-refractivity contribution in [2.24, 2.45) is 0 Å². The van der Waals surface area contributed by atoms with Crippen LogP contribution in [0, 0.1) is 0 Å². The van der Waals surface area contributed by atoms with Crippen LogP contribution >= 0.6 is 0 Å². The lowest BCUT2D eigenvalue weighted by molar-refractivity contribution is -0.116. The Morgan fingerprint density at radius 2 is 1.93 bits per heavy atom. The van der Waals surface area contributed by atoms with E-state index in [1.165, 1.54) is 5.57 Å². The van der Waals surface area contributed by atoms with E-state index in [4.69, 9.17) is 0 Å². The third kappa shape index (κ3) is 1.77. The molecule has 1 aromatic rings. The monoisotopic (exact) mass is 186 g/mol. The van der Waals surface area contributed by atoms with Crippen LogP contribution in [0.2, 0.25) is 0 Å². The normalized spacial score (nSPS) is 21.9. The second-order valence-electron chi connectivity index (χ2n) is 3.90. The van der Waals surface area contributed by atoms with Gasteiger partial charge in [0.1, 0.15) is 0 Å². The van der Waals surface area contributed by atoms with Gasteiger partial charge in [-0.2, -0.15) is 0 Å². The average Bonchev–Trinajstić information content (AvgIpc) is 2.19. The molecule has 14 heavy (non-hydrogen) atoms. The number of hydrogen-bond acceptors (Lipinski definition) is 1. The van der Waals surface area contributed by atoms with Gasteiger partial charge in [0.15, 0.2) is 5.78 Å². The first-order valence-electron chi connectivity index (χ1n) is 5.03. The SMILES string of the molecule is CC1=CC(=O)C(c2ccccc2)CC1. The van der Waals surface area contributed by atoms with E-state index in [0.29, 0.717) is 0 Å². The lowest BCUT2D eigenvalue weighted by Crippen LogP contribution is -2.14.